The fourth-order valence-electron chi connectivity index (χ4n) is 2.24. The van der Waals surface area contributed by atoms with Gasteiger partial charge in [0, 0.05) is 22.8 Å². The molecule has 0 unspecified atom stereocenters. The SMILES string of the molecule is COc1ccc(C)cc1-c1nc2cc(Cl)ccn2c1N. The van der Waals surface area contributed by atoms with Crippen LogP contribution in [0.2, 0.25) is 5.02 Å². The highest BCUT2D eigenvalue weighted by molar-refractivity contribution is 6.30. The van der Waals surface area contributed by atoms with E-state index in [0.29, 0.717) is 22.2 Å². The Morgan fingerprint density at radius 3 is 2.80 bits per heavy atom. The van der Waals surface area contributed by atoms with Gasteiger partial charge in [-0.25, -0.2) is 4.98 Å². The molecule has 2 heterocycles. The lowest BCUT2D eigenvalue weighted by atomic mass is 10.1. The number of nitrogen functional groups attached to an aromatic ring is 1. The summed E-state index contributed by atoms with van der Waals surface area (Å²) in [6, 6.07) is 9.48. The van der Waals surface area contributed by atoms with Gasteiger partial charge in [0.25, 0.3) is 0 Å². The fourth-order valence-corrected chi connectivity index (χ4v) is 2.40. The molecule has 0 aliphatic carbocycles. The van der Waals surface area contributed by atoms with Crippen molar-refractivity contribution in [2.45, 2.75) is 6.92 Å². The maximum atomic E-state index is 6.20. The molecule has 0 fully saturated rings. The van der Waals surface area contributed by atoms with Crippen molar-refractivity contribution in [1.29, 1.82) is 0 Å². The maximum absolute atomic E-state index is 6.20. The first-order chi connectivity index (χ1) is 9.60. The van der Waals surface area contributed by atoms with E-state index in [9.17, 15) is 0 Å². The normalized spacial score (nSPS) is 10.9. The molecule has 102 valence electrons. The van der Waals surface area contributed by atoms with E-state index in [1.807, 2.05) is 35.7 Å². The number of methoxy groups -OCH3 is 1. The summed E-state index contributed by atoms with van der Waals surface area (Å²) in [6.07, 6.45) is 1.81. The largest absolute Gasteiger partial charge is 0.496 e. The van der Waals surface area contributed by atoms with Gasteiger partial charge >= 0.3 is 0 Å². The van der Waals surface area contributed by atoms with Gasteiger partial charge in [0.2, 0.25) is 0 Å². The molecule has 1 aromatic carbocycles. The molecule has 3 aromatic rings. The molecule has 5 heteroatoms. The lowest BCUT2D eigenvalue weighted by Crippen LogP contribution is -1.95. The number of nitrogens with two attached hydrogens (primary N) is 1. The number of anilines is 1. The third kappa shape index (κ3) is 1.98. The van der Waals surface area contributed by atoms with E-state index < -0.39 is 0 Å². The molecule has 0 aliphatic rings. The lowest BCUT2D eigenvalue weighted by molar-refractivity contribution is 0.416. The maximum Gasteiger partial charge on any atom is 0.140 e. The van der Waals surface area contributed by atoms with E-state index >= 15 is 0 Å². The van der Waals surface area contributed by atoms with Crippen molar-refractivity contribution < 1.29 is 4.74 Å². The van der Waals surface area contributed by atoms with Crippen molar-refractivity contribution in [1.82, 2.24) is 9.38 Å². The summed E-state index contributed by atoms with van der Waals surface area (Å²) in [6.45, 7) is 2.02. The second kappa shape index (κ2) is 4.72. The molecule has 4 nitrogen and oxygen atoms in total. The minimum Gasteiger partial charge on any atom is -0.496 e. The number of rotatable bonds is 2. The van der Waals surface area contributed by atoms with E-state index in [-0.39, 0.29) is 0 Å². The average molecular weight is 288 g/mol. The summed E-state index contributed by atoms with van der Waals surface area (Å²) in [5, 5.41) is 0.630. The first-order valence-corrected chi connectivity index (χ1v) is 6.56. The van der Waals surface area contributed by atoms with Crippen LogP contribution in [0.15, 0.2) is 36.5 Å². The lowest BCUT2D eigenvalue weighted by Gasteiger charge is -2.08. The second-order valence-electron chi connectivity index (χ2n) is 4.62. The minimum absolute atomic E-state index is 0.570. The topological polar surface area (TPSA) is 52.5 Å². The minimum atomic E-state index is 0.570. The summed E-state index contributed by atoms with van der Waals surface area (Å²) in [4.78, 5) is 4.57. The fraction of sp³-hybridized carbons (Fsp3) is 0.133. The van der Waals surface area contributed by atoms with Gasteiger partial charge in [0.1, 0.15) is 22.9 Å². The van der Waals surface area contributed by atoms with Crippen LogP contribution in [0.5, 0.6) is 5.75 Å². The Morgan fingerprint density at radius 2 is 2.05 bits per heavy atom. The molecule has 2 N–H and O–H groups in total. The van der Waals surface area contributed by atoms with Crippen LogP contribution >= 0.6 is 11.6 Å². The summed E-state index contributed by atoms with van der Waals surface area (Å²) in [5.41, 5.74) is 9.61. The predicted molar refractivity (Wildman–Crippen MR) is 81.3 cm³/mol. The number of hydrogen-bond donors (Lipinski definition) is 1. The molecule has 0 bridgehead atoms. The summed E-state index contributed by atoms with van der Waals surface area (Å²) in [7, 11) is 1.64. The average Bonchev–Trinajstić information content (AvgIpc) is 2.75. The molecule has 20 heavy (non-hydrogen) atoms. The Hall–Kier alpha value is -2.20. The molecule has 0 atom stereocenters. The van der Waals surface area contributed by atoms with Gasteiger partial charge in [-0.1, -0.05) is 23.2 Å². The molecular weight excluding hydrogens is 274 g/mol. The number of pyridine rings is 1. The van der Waals surface area contributed by atoms with E-state index in [2.05, 4.69) is 4.98 Å². The number of benzene rings is 1. The van der Waals surface area contributed by atoms with Crippen molar-refractivity contribution in [3.63, 3.8) is 0 Å². The van der Waals surface area contributed by atoms with Crippen LogP contribution in [0.3, 0.4) is 0 Å². The third-order valence-corrected chi connectivity index (χ3v) is 3.47. The Labute approximate surface area is 121 Å². The summed E-state index contributed by atoms with van der Waals surface area (Å²) in [5.74, 6) is 1.32. The van der Waals surface area contributed by atoms with Gasteiger partial charge in [0.05, 0.1) is 7.11 Å². The quantitative estimate of drug-likeness (QED) is 0.784. The number of ether oxygens (including phenoxy) is 1. The van der Waals surface area contributed by atoms with Crippen molar-refractivity contribution in [3.8, 4) is 17.0 Å². The smallest absolute Gasteiger partial charge is 0.140 e. The highest BCUT2D eigenvalue weighted by atomic mass is 35.5. The van der Waals surface area contributed by atoms with Gasteiger partial charge in [-0.2, -0.15) is 0 Å². The molecule has 0 radical (unpaired) electrons. The number of aromatic nitrogens is 2. The molecule has 0 aliphatic heterocycles. The standard InChI is InChI=1S/C15H14ClN3O/c1-9-3-4-12(20-2)11(7-9)14-15(17)19-6-5-10(16)8-13(19)18-14/h3-8H,17H2,1-2H3. The van der Waals surface area contributed by atoms with Crippen LogP contribution in [-0.2, 0) is 0 Å². The highest BCUT2D eigenvalue weighted by Crippen LogP contribution is 2.34. The summed E-state index contributed by atoms with van der Waals surface area (Å²) < 4.78 is 7.21. The number of imidazole rings is 1. The van der Waals surface area contributed by atoms with Crippen LogP contribution in [0.1, 0.15) is 5.56 Å². The van der Waals surface area contributed by atoms with Crippen molar-refractivity contribution in [3.05, 3.63) is 47.1 Å². The Kier molecular flexibility index (Phi) is 3.03. The van der Waals surface area contributed by atoms with Gasteiger partial charge in [-0.15, -0.1) is 0 Å². The number of aryl methyl sites for hydroxylation is 1. The Morgan fingerprint density at radius 1 is 1.25 bits per heavy atom. The zero-order valence-corrected chi connectivity index (χ0v) is 12.0. The highest BCUT2D eigenvalue weighted by Gasteiger charge is 2.15. The van der Waals surface area contributed by atoms with Crippen LogP contribution in [-0.4, -0.2) is 16.5 Å². The number of halogens is 1. The van der Waals surface area contributed by atoms with Gasteiger partial charge in [-0.05, 0) is 25.1 Å². The van der Waals surface area contributed by atoms with E-state index in [0.717, 1.165) is 16.9 Å². The second-order valence-corrected chi connectivity index (χ2v) is 5.06. The molecule has 0 amide bonds. The van der Waals surface area contributed by atoms with Crippen LogP contribution in [0, 0.1) is 6.92 Å². The van der Waals surface area contributed by atoms with E-state index in [1.165, 1.54) is 0 Å². The van der Waals surface area contributed by atoms with Crippen molar-refractivity contribution in [2.75, 3.05) is 12.8 Å². The molecule has 3 rings (SSSR count). The first kappa shape index (κ1) is 12.8. The Bertz CT molecular complexity index is 795. The predicted octanol–water partition coefficient (Wildman–Crippen LogP) is 3.55. The number of fused-ring (bicyclic) bond motifs is 1. The third-order valence-electron chi connectivity index (χ3n) is 3.24. The molecule has 0 saturated carbocycles. The molecular formula is C15H14ClN3O. The van der Waals surface area contributed by atoms with Crippen molar-refractivity contribution in [2.24, 2.45) is 0 Å². The van der Waals surface area contributed by atoms with Gasteiger partial charge < -0.3 is 10.5 Å². The first-order valence-electron chi connectivity index (χ1n) is 6.18. The van der Waals surface area contributed by atoms with Gasteiger partial charge in [0.15, 0.2) is 0 Å². The van der Waals surface area contributed by atoms with Gasteiger partial charge in [-0.3, -0.25) is 4.40 Å². The monoisotopic (exact) mass is 287 g/mol. The van der Waals surface area contributed by atoms with E-state index in [4.69, 9.17) is 22.1 Å². The van der Waals surface area contributed by atoms with Crippen molar-refractivity contribution >= 4 is 23.1 Å². The molecule has 2 aromatic heterocycles. The zero-order chi connectivity index (χ0) is 14.3. The summed E-state index contributed by atoms with van der Waals surface area (Å²) >= 11 is 5.99. The van der Waals surface area contributed by atoms with Crippen LogP contribution in [0.4, 0.5) is 5.82 Å². The van der Waals surface area contributed by atoms with E-state index in [1.54, 1.807) is 19.2 Å². The molecule has 0 saturated heterocycles. The van der Waals surface area contributed by atoms with Crippen LogP contribution in [0.25, 0.3) is 16.9 Å². The Balaban J connectivity index is 2.29. The molecule has 0 spiro atoms. The number of hydrogen-bond acceptors (Lipinski definition) is 3. The zero-order valence-electron chi connectivity index (χ0n) is 11.2. The number of nitrogens with zero attached hydrogens (tertiary/aromatic N) is 2. The van der Waals surface area contributed by atoms with Crippen LogP contribution < -0.4 is 10.5 Å².